The average molecular weight is 314 g/mol. The summed E-state index contributed by atoms with van der Waals surface area (Å²) < 4.78 is 23.9. The van der Waals surface area contributed by atoms with Crippen LogP contribution in [0.1, 0.15) is 52.9 Å². The molecule has 3 nitrogen and oxygen atoms in total. The van der Waals surface area contributed by atoms with Crippen LogP contribution in [0.2, 0.25) is 0 Å². The predicted octanol–water partition coefficient (Wildman–Crippen LogP) is 5.89. The standard InChI is InChI=1S/C17H31O3P/c1-5-9-11-13-15-17(16-14-12-10-6-2)21(18,19-7-3)20-8-4/h5,9,11,13,15,17H,1,6-8,10,12,14,16H2,2-4H3. The van der Waals surface area contributed by atoms with Crippen LogP contribution in [0, 0.1) is 0 Å². The highest BCUT2D eigenvalue weighted by molar-refractivity contribution is 7.54. The molecule has 0 fully saturated rings. The van der Waals surface area contributed by atoms with Gasteiger partial charge in [0.2, 0.25) is 0 Å². The van der Waals surface area contributed by atoms with Crippen molar-refractivity contribution < 1.29 is 13.6 Å². The Hall–Kier alpha value is -0.630. The third-order valence-corrected chi connectivity index (χ3v) is 5.55. The van der Waals surface area contributed by atoms with E-state index >= 15 is 0 Å². The third-order valence-electron chi connectivity index (χ3n) is 3.07. The van der Waals surface area contributed by atoms with E-state index in [1.54, 1.807) is 6.08 Å². The summed E-state index contributed by atoms with van der Waals surface area (Å²) in [6.07, 6.45) is 14.7. The van der Waals surface area contributed by atoms with E-state index in [4.69, 9.17) is 9.05 Å². The molecule has 0 aromatic carbocycles. The second-order valence-corrected chi connectivity index (χ2v) is 7.06. The molecule has 0 aliphatic rings. The Balaban J connectivity index is 4.87. The van der Waals surface area contributed by atoms with Crippen LogP contribution in [-0.2, 0) is 13.6 Å². The normalized spacial score (nSPS) is 14.0. The van der Waals surface area contributed by atoms with E-state index in [0.717, 1.165) is 19.3 Å². The van der Waals surface area contributed by atoms with Gasteiger partial charge in [0, 0.05) is 0 Å². The zero-order chi connectivity index (χ0) is 16.0. The first-order chi connectivity index (χ1) is 10.1. The lowest BCUT2D eigenvalue weighted by atomic mass is 10.1. The highest BCUT2D eigenvalue weighted by atomic mass is 31.2. The summed E-state index contributed by atoms with van der Waals surface area (Å²) in [7, 11) is -3.07. The molecule has 122 valence electrons. The Kier molecular flexibility index (Phi) is 12.7. The van der Waals surface area contributed by atoms with Gasteiger partial charge in [0.15, 0.2) is 0 Å². The minimum absolute atomic E-state index is 0.177. The Morgan fingerprint density at radius 2 is 1.67 bits per heavy atom. The molecule has 1 atom stereocenters. The maximum Gasteiger partial charge on any atom is 0.337 e. The van der Waals surface area contributed by atoms with Gasteiger partial charge < -0.3 is 9.05 Å². The van der Waals surface area contributed by atoms with E-state index in [1.807, 2.05) is 38.2 Å². The maximum atomic E-state index is 12.9. The van der Waals surface area contributed by atoms with Crippen LogP contribution in [0.4, 0.5) is 0 Å². The highest BCUT2D eigenvalue weighted by Crippen LogP contribution is 2.55. The van der Waals surface area contributed by atoms with E-state index in [9.17, 15) is 4.57 Å². The molecule has 0 saturated heterocycles. The van der Waals surface area contributed by atoms with E-state index in [1.165, 1.54) is 12.8 Å². The lowest BCUT2D eigenvalue weighted by molar-refractivity contribution is 0.214. The van der Waals surface area contributed by atoms with Crippen LogP contribution in [-0.4, -0.2) is 18.9 Å². The fourth-order valence-corrected chi connectivity index (χ4v) is 4.05. The van der Waals surface area contributed by atoms with E-state index in [2.05, 4.69) is 13.5 Å². The van der Waals surface area contributed by atoms with Crippen molar-refractivity contribution in [1.82, 2.24) is 0 Å². The summed E-state index contributed by atoms with van der Waals surface area (Å²) in [5, 5.41) is 0. The molecule has 0 bridgehead atoms. The Bertz CT molecular complexity index is 351. The van der Waals surface area contributed by atoms with Gasteiger partial charge in [0.1, 0.15) is 0 Å². The van der Waals surface area contributed by atoms with Crippen molar-refractivity contribution in [3.63, 3.8) is 0 Å². The average Bonchev–Trinajstić information content (AvgIpc) is 2.46. The fourth-order valence-electron chi connectivity index (χ4n) is 2.06. The van der Waals surface area contributed by atoms with E-state index in [0.29, 0.717) is 13.2 Å². The largest absolute Gasteiger partial charge is 0.337 e. The van der Waals surface area contributed by atoms with Crippen molar-refractivity contribution >= 4 is 7.60 Å². The first-order valence-electron chi connectivity index (χ1n) is 7.99. The second kappa shape index (κ2) is 13.1. The molecule has 4 heteroatoms. The van der Waals surface area contributed by atoms with Crippen LogP contribution in [0.25, 0.3) is 0 Å². The van der Waals surface area contributed by atoms with Crippen LogP contribution >= 0.6 is 7.60 Å². The molecule has 0 aromatic heterocycles. The zero-order valence-electron chi connectivity index (χ0n) is 13.8. The Labute approximate surface area is 130 Å². The third kappa shape index (κ3) is 9.08. The molecule has 0 saturated carbocycles. The van der Waals surface area contributed by atoms with Crippen molar-refractivity contribution in [2.75, 3.05) is 13.2 Å². The van der Waals surface area contributed by atoms with Gasteiger partial charge in [-0.1, -0.05) is 69.6 Å². The zero-order valence-corrected chi connectivity index (χ0v) is 14.7. The number of hydrogen-bond donors (Lipinski definition) is 0. The fraction of sp³-hybridized carbons (Fsp3) is 0.647. The molecule has 0 rings (SSSR count). The SMILES string of the molecule is C=CC=CC=CC(CCCCCC)P(=O)(OCC)OCC. The summed E-state index contributed by atoms with van der Waals surface area (Å²) in [6.45, 7) is 10.3. The number of rotatable bonds is 13. The molecule has 0 aromatic rings. The first kappa shape index (κ1) is 20.4. The summed E-state index contributed by atoms with van der Waals surface area (Å²) in [5.41, 5.74) is -0.177. The molecule has 0 aliphatic carbocycles. The summed E-state index contributed by atoms with van der Waals surface area (Å²) >= 11 is 0. The van der Waals surface area contributed by atoms with Crippen molar-refractivity contribution in [2.24, 2.45) is 0 Å². The molecular formula is C17H31O3P. The van der Waals surface area contributed by atoms with Gasteiger partial charge in [-0.25, -0.2) is 0 Å². The monoisotopic (exact) mass is 314 g/mol. The number of allylic oxidation sites excluding steroid dienone is 5. The second-order valence-electron chi connectivity index (χ2n) is 4.80. The van der Waals surface area contributed by atoms with Gasteiger partial charge >= 0.3 is 7.60 Å². The molecule has 21 heavy (non-hydrogen) atoms. The van der Waals surface area contributed by atoms with Gasteiger partial charge in [-0.2, -0.15) is 0 Å². The van der Waals surface area contributed by atoms with Crippen molar-refractivity contribution in [3.8, 4) is 0 Å². The van der Waals surface area contributed by atoms with Gasteiger partial charge in [-0.3, -0.25) is 4.57 Å². The molecule has 0 N–H and O–H groups in total. The minimum atomic E-state index is -3.07. The number of unbranched alkanes of at least 4 members (excludes halogenated alkanes) is 3. The summed E-state index contributed by atoms with van der Waals surface area (Å²) in [6, 6.07) is 0. The number of hydrogen-bond acceptors (Lipinski definition) is 3. The lowest BCUT2D eigenvalue weighted by Gasteiger charge is -2.24. The first-order valence-corrected chi connectivity index (χ1v) is 9.60. The van der Waals surface area contributed by atoms with Crippen LogP contribution in [0.3, 0.4) is 0 Å². The summed E-state index contributed by atoms with van der Waals surface area (Å²) in [4.78, 5) is 0. The lowest BCUT2D eigenvalue weighted by Crippen LogP contribution is -2.11. The van der Waals surface area contributed by atoms with E-state index in [-0.39, 0.29) is 5.66 Å². The maximum absolute atomic E-state index is 12.9. The Morgan fingerprint density at radius 3 is 2.19 bits per heavy atom. The molecule has 1 unspecified atom stereocenters. The van der Waals surface area contributed by atoms with Crippen LogP contribution in [0.5, 0.6) is 0 Å². The van der Waals surface area contributed by atoms with Crippen molar-refractivity contribution in [1.29, 1.82) is 0 Å². The smallest absolute Gasteiger partial charge is 0.308 e. The van der Waals surface area contributed by atoms with Crippen molar-refractivity contribution in [3.05, 3.63) is 37.0 Å². The molecule has 0 spiro atoms. The van der Waals surface area contributed by atoms with Gasteiger partial charge in [0.05, 0.1) is 18.9 Å². The van der Waals surface area contributed by atoms with Gasteiger partial charge in [0.25, 0.3) is 0 Å². The quantitative estimate of drug-likeness (QED) is 0.241. The molecule has 0 radical (unpaired) electrons. The van der Waals surface area contributed by atoms with Crippen molar-refractivity contribution in [2.45, 2.75) is 58.5 Å². The Morgan fingerprint density at radius 1 is 1.00 bits per heavy atom. The molecule has 0 aliphatic heterocycles. The van der Waals surface area contributed by atoms with Gasteiger partial charge in [-0.15, -0.1) is 0 Å². The predicted molar refractivity (Wildman–Crippen MR) is 91.9 cm³/mol. The van der Waals surface area contributed by atoms with Crippen LogP contribution < -0.4 is 0 Å². The molecule has 0 amide bonds. The van der Waals surface area contributed by atoms with Crippen LogP contribution in [0.15, 0.2) is 37.0 Å². The minimum Gasteiger partial charge on any atom is -0.308 e. The van der Waals surface area contributed by atoms with Gasteiger partial charge in [-0.05, 0) is 20.3 Å². The highest BCUT2D eigenvalue weighted by Gasteiger charge is 2.32. The molecular weight excluding hydrogens is 283 g/mol. The summed E-state index contributed by atoms with van der Waals surface area (Å²) in [5.74, 6) is 0. The topological polar surface area (TPSA) is 35.5 Å². The molecule has 0 heterocycles. The van der Waals surface area contributed by atoms with E-state index < -0.39 is 7.60 Å².